The molecule has 1 rings (SSSR count). The molecule has 1 aromatic heterocycles. The Morgan fingerprint density at radius 3 is 2.61 bits per heavy atom. The normalized spacial score (nSPS) is 13.2. The zero-order valence-corrected chi connectivity index (χ0v) is 11.5. The van der Waals surface area contributed by atoms with Crippen molar-refractivity contribution >= 4 is 5.91 Å². The summed E-state index contributed by atoms with van der Waals surface area (Å²) in [4.78, 5) is 16.0. The van der Waals surface area contributed by atoms with E-state index in [1.807, 2.05) is 6.92 Å². The van der Waals surface area contributed by atoms with E-state index in [0.29, 0.717) is 5.56 Å². The molecule has 0 unspecified atom stereocenters. The van der Waals surface area contributed by atoms with Crippen LogP contribution in [0.5, 0.6) is 0 Å². The molecule has 1 aromatic rings. The molecule has 0 spiro atoms. The van der Waals surface area contributed by atoms with Crippen LogP contribution in [0.1, 0.15) is 43.1 Å². The monoisotopic (exact) mass is 250 g/mol. The number of aliphatic hydroxyl groups excluding tert-OH is 1. The standard InChI is InChI=1S/C14H22N2O2/c1-10-5-11(8-15-7-10)13(18)16-12(9-17)6-14(2,3)4/h5,7-8,12,17H,6,9H2,1-4H3,(H,16,18)/t12-/m0/s1. The SMILES string of the molecule is Cc1cncc(C(=O)N[C@H](CO)CC(C)(C)C)c1. The molecule has 0 aromatic carbocycles. The van der Waals surface area contributed by atoms with Gasteiger partial charge in [-0.3, -0.25) is 9.78 Å². The van der Waals surface area contributed by atoms with Gasteiger partial charge in [0, 0.05) is 12.4 Å². The van der Waals surface area contributed by atoms with Crippen molar-refractivity contribution in [3.63, 3.8) is 0 Å². The molecule has 0 aliphatic rings. The van der Waals surface area contributed by atoms with Crippen LogP contribution in [0.15, 0.2) is 18.5 Å². The number of aliphatic hydroxyl groups is 1. The van der Waals surface area contributed by atoms with Crippen molar-refractivity contribution in [2.24, 2.45) is 5.41 Å². The lowest BCUT2D eigenvalue weighted by atomic mass is 9.88. The molecule has 0 saturated carbocycles. The summed E-state index contributed by atoms with van der Waals surface area (Å²) in [5, 5.41) is 12.1. The third-order valence-electron chi connectivity index (χ3n) is 2.55. The highest BCUT2D eigenvalue weighted by Crippen LogP contribution is 2.20. The van der Waals surface area contributed by atoms with Crippen molar-refractivity contribution in [2.45, 2.75) is 40.2 Å². The highest BCUT2D eigenvalue weighted by atomic mass is 16.3. The number of carbonyl (C=O) groups is 1. The number of aromatic nitrogens is 1. The maximum atomic E-state index is 12.0. The minimum absolute atomic E-state index is 0.0533. The van der Waals surface area contributed by atoms with Crippen molar-refractivity contribution < 1.29 is 9.90 Å². The Morgan fingerprint density at radius 2 is 2.11 bits per heavy atom. The van der Waals surface area contributed by atoms with Crippen LogP contribution in [0.4, 0.5) is 0 Å². The van der Waals surface area contributed by atoms with Crippen LogP contribution in [0.3, 0.4) is 0 Å². The van der Waals surface area contributed by atoms with Gasteiger partial charge in [-0.15, -0.1) is 0 Å². The van der Waals surface area contributed by atoms with E-state index in [4.69, 9.17) is 0 Å². The predicted molar refractivity (Wildman–Crippen MR) is 71.4 cm³/mol. The summed E-state index contributed by atoms with van der Waals surface area (Å²) < 4.78 is 0. The van der Waals surface area contributed by atoms with Crippen LogP contribution in [0, 0.1) is 12.3 Å². The zero-order valence-electron chi connectivity index (χ0n) is 11.5. The Bertz CT molecular complexity index is 411. The van der Waals surface area contributed by atoms with Gasteiger partial charge in [0.15, 0.2) is 0 Å². The lowest BCUT2D eigenvalue weighted by Gasteiger charge is -2.25. The predicted octanol–water partition coefficient (Wildman–Crippen LogP) is 1.92. The minimum atomic E-state index is -0.224. The molecule has 1 heterocycles. The molecule has 0 aliphatic heterocycles. The largest absolute Gasteiger partial charge is 0.394 e. The molecule has 0 bridgehead atoms. The van der Waals surface area contributed by atoms with Gasteiger partial charge in [0.1, 0.15) is 0 Å². The summed E-state index contributed by atoms with van der Waals surface area (Å²) in [7, 11) is 0. The topological polar surface area (TPSA) is 62.2 Å². The molecule has 0 fully saturated rings. The van der Waals surface area contributed by atoms with E-state index in [-0.39, 0.29) is 24.0 Å². The lowest BCUT2D eigenvalue weighted by Crippen LogP contribution is -2.40. The molecule has 0 radical (unpaired) electrons. The van der Waals surface area contributed by atoms with E-state index in [2.05, 4.69) is 31.1 Å². The van der Waals surface area contributed by atoms with Gasteiger partial charge in [-0.2, -0.15) is 0 Å². The third kappa shape index (κ3) is 4.84. The van der Waals surface area contributed by atoms with Crippen molar-refractivity contribution in [3.8, 4) is 0 Å². The van der Waals surface area contributed by atoms with Crippen molar-refractivity contribution in [2.75, 3.05) is 6.61 Å². The Balaban J connectivity index is 2.68. The smallest absolute Gasteiger partial charge is 0.253 e. The quantitative estimate of drug-likeness (QED) is 0.858. The Morgan fingerprint density at radius 1 is 1.44 bits per heavy atom. The summed E-state index contributed by atoms with van der Waals surface area (Å²) in [6.07, 6.45) is 3.97. The number of rotatable bonds is 4. The molecule has 0 aliphatic carbocycles. The van der Waals surface area contributed by atoms with Gasteiger partial charge in [0.2, 0.25) is 0 Å². The molecule has 4 nitrogen and oxygen atoms in total. The fraction of sp³-hybridized carbons (Fsp3) is 0.571. The number of aryl methyl sites for hydroxylation is 1. The van der Waals surface area contributed by atoms with Crippen molar-refractivity contribution in [1.82, 2.24) is 10.3 Å². The van der Waals surface area contributed by atoms with E-state index in [9.17, 15) is 9.90 Å². The average molecular weight is 250 g/mol. The van der Waals surface area contributed by atoms with Crippen LogP contribution >= 0.6 is 0 Å². The molecule has 4 heteroatoms. The first-order valence-electron chi connectivity index (χ1n) is 6.15. The fourth-order valence-electron chi connectivity index (χ4n) is 1.85. The van der Waals surface area contributed by atoms with Gasteiger partial charge >= 0.3 is 0 Å². The van der Waals surface area contributed by atoms with Crippen LogP contribution in [0.2, 0.25) is 0 Å². The van der Waals surface area contributed by atoms with E-state index in [1.165, 1.54) is 6.20 Å². The molecule has 100 valence electrons. The molecule has 2 N–H and O–H groups in total. The van der Waals surface area contributed by atoms with Crippen molar-refractivity contribution in [1.29, 1.82) is 0 Å². The molecular weight excluding hydrogens is 228 g/mol. The van der Waals surface area contributed by atoms with Gasteiger partial charge in [0.05, 0.1) is 18.2 Å². The molecule has 1 amide bonds. The minimum Gasteiger partial charge on any atom is -0.394 e. The second-order valence-electron chi connectivity index (χ2n) is 5.87. The van der Waals surface area contributed by atoms with E-state index in [1.54, 1.807) is 12.3 Å². The first-order chi connectivity index (χ1) is 8.31. The molecule has 18 heavy (non-hydrogen) atoms. The van der Waals surface area contributed by atoms with E-state index in [0.717, 1.165) is 12.0 Å². The highest BCUT2D eigenvalue weighted by molar-refractivity contribution is 5.94. The maximum absolute atomic E-state index is 12.0. The summed E-state index contributed by atoms with van der Waals surface area (Å²) in [5.41, 5.74) is 1.53. The number of carbonyl (C=O) groups excluding carboxylic acids is 1. The molecule has 0 saturated heterocycles. The number of pyridine rings is 1. The van der Waals surface area contributed by atoms with Gasteiger partial charge < -0.3 is 10.4 Å². The van der Waals surface area contributed by atoms with Gasteiger partial charge in [0.25, 0.3) is 5.91 Å². The van der Waals surface area contributed by atoms with E-state index >= 15 is 0 Å². The summed E-state index contributed by atoms with van der Waals surface area (Å²) in [6, 6.07) is 1.56. The first-order valence-corrected chi connectivity index (χ1v) is 6.15. The Labute approximate surface area is 108 Å². The summed E-state index contributed by atoms with van der Waals surface area (Å²) in [6.45, 7) is 8.08. The highest BCUT2D eigenvalue weighted by Gasteiger charge is 2.20. The van der Waals surface area contributed by atoms with Gasteiger partial charge in [-0.1, -0.05) is 20.8 Å². The van der Waals surface area contributed by atoms with Crippen LogP contribution in [-0.4, -0.2) is 28.6 Å². The first kappa shape index (κ1) is 14.6. The third-order valence-corrected chi connectivity index (χ3v) is 2.55. The van der Waals surface area contributed by atoms with Gasteiger partial charge in [-0.25, -0.2) is 0 Å². The fourth-order valence-corrected chi connectivity index (χ4v) is 1.85. The second kappa shape index (κ2) is 5.96. The summed E-state index contributed by atoms with van der Waals surface area (Å²) >= 11 is 0. The van der Waals surface area contributed by atoms with Crippen LogP contribution < -0.4 is 5.32 Å². The molecule has 1 atom stereocenters. The average Bonchev–Trinajstić information content (AvgIpc) is 2.26. The number of nitrogens with one attached hydrogen (secondary N) is 1. The summed E-state index contributed by atoms with van der Waals surface area (Å²) in [5.74, 6) is -0.186. The Kier molecular flexibility index (Phi) is 4.84. The number of amides is 1. The maximum Gasteiger partial charge on any atom is 0.253 e. The zero-order chi connectivity index (χ0) is 13.8. The van der Waals surface area contributed by atoms with Crippen molar-refractivity contribution in [3.05, 3.63) is 29.6 Å². The number of nitrogens with zero attached hydrogens (tertiary/aromatic N) is 1. The van der Waals surface area contributed by atoms with Gasteiger partial charge in [-0.05, 0) is 30.4 Å². The lowest BCUT2D eigenvalue weighted by molar-refractivity contribution is 0.0897. The van der Waals surface area contributed by atoms with Crippen LogP contribution in [-0.2, 0) is 0 Å². The number of hydrogen-bond donors (Lipinski definition) is 2. The Hall–Kier alpha value is -1.42. The van der Waals surface area contributed by atoms with E-state index < -0.39 is 0 Å². The molecular formula is C14H22N2O2. The number of hydrogen-bond acceptors (Lipinski definition) is 3. The van der Waals surface area contributed by atoms with Crippen LogP contribution in [0.25, 0.3) is 0 Å². The second-order valence-corrected chi connectivity index (χ2v) is 5.87.